The van der Waals surface area contributed by atoms with E-state index in [0.29, 0.717) is 28.4 Å². The van der Waals surface area contributed by atoms with E-state index in [4.69, 9.17) is 4.98 Å². The molecular weight excluding hydrogens is 560 g/mol. The van der Waals surface area contributed by atoms with Crippen molar-refractivity contribution < 1.29 is 14.3 Å². The average Bonchev–Trinajstić information content (AvgIpc) is 3.02. The summed E-state index contributed by atoms with van der Waals surface area (Å²) in [5, 5.41) is 9.96. The summed E-state index contributed by atoms with van der Waals surface area (Å²) in [5.41, 5.74) is 4.39. The van der Waals surface area contributed by atoms with E-state index in [0.717, 1.165) is 26.4 Å². The van der Waals surface area contributed by atoms with Crippen molar-refractivity contribution in [3.63, 3.8) is 0 Å². The number of nitrogens with one attached hydrogen (secondary N) is 3. The van der Waals surface area contributed by atoms with Gasteiger partial charge in [-0.2, -0.15) is 0 Å². The summed E-state index contributed by atoms with van der Waals surface area (Å²) in [7, 11) is 1.32. The number of benzene rings is 3. The van der Waals surface area contributed by atoms with Gasteiger partial charge < -0.3 is 15.4 Å². The third-order valence-electron chi connectivity index (χ3n) is 6.77. The summed E-state index contributed by atoms with van der Waals surface area (Å²) in [5.74, 6) is 0.661. The normalized spacial score (nSPS) is 11.7. The molecule has 218 valence electrons. The molecule has 9 nitrogen and oxygen atoms in total. The first-order chi connectivity index (χ1) is 20.8. The zero-order valence-corrected chi connectivity index (χ0v) is 25.1. The molecule has 3 aromatic carbocycles. The Morgan fingerprint density at radius 2 is 1.65 bits per heavy atom. The summed E-state index contributed by atoms with van der Waals surface area (Å²) in [4.78, 5) is 40.3. The maximum Gasteiger partial charge on any atom is 0.411 e. The maximum absolute atomic E-state index is 13.3. The van der Waals surface area contributed by atoms with Gasteiger partial charge in [-0.15, -0.1) is 0 Å². The number of hydrogen-bond donors (Lipinski definition) is 3. The second kappa shape index (κ2) is 13.3. The fraction of sp³-hybridized carbons (Fsp3) is 0.182. The summed E-state index contributed by atoms with van der Waals surface area (Å²) < 4.78 is 4.67. The lowest BCUT2D eigenvalue weighted by atomic mass is 10.1. The van der Waals surface area contributed by atoms with Crippen LogP contribution in [0.5, 0.6) is 0 Å². The molecule has 0 aliphatic carbocycles. The van der Waals surface area contributed by atoms with Crippen molar-refractivity contribution in [2.24, 2.45) is 0 Å². The first-order valence-corrected chi connectivity index (χ1v) is 14.6. The molecule has 0 aliphatic heterocycles. The van der Waals surface area contributed by atoms with Gasteiger partial charge >= 0.3 is 6.09 Å². The van der Waals surface area contributed by atoms with E-state index in [-0.39, 0.29) is 17.9 Å². The topological polar surface area (TPSA) is 118 Å². The maximum atomic E-state index is 13.3. The van der Waals surface area contributed by atoms with E-state index in [1.165, 1.54) is 25.2 Å². The Balaban J connectivity index is 1.47. The summed E-state index contributed by atoms with van der Waals surface area (Å²) >= 11 is 1.51. The molecule has 2 amide bonds. The number of pyridine rings is 1. The minimum Gasteiger partial charge on any atom is -0.453 e. The van der Waals surface area contributed by atoms with Crippen molar-refractivity contribution in [1.29, 1.82) is 0 Å². The Kier molecular flexibility index (Phi) is 9.17. The average molecular weight is 593 g/mol. The largest absolute Gasteiger partial charge is 0.453 e. The monoisotopic (exact) mass is 592 g/mol. The lowest BCUT2D eigenvalue weighted by molar-refractivity contribution is 0.0939. The molecule has 3 N–H and O–H groups in total. The second-order valence-corrected chi connectivity index (χ2v) is 11.3. The van der Waals surface area contributed by atoms with Gasteiger partial charge in [0.1, 0.15) is 12.1 Å². The number of carbonyl (C=O) groups excluding carboxylic acids is 2. The van der Waals surface area contributed by atoms with Crippen LogP contribution in [0.2, 0.25) is 0 Å². The van der Waals surface area contributed by atoms with Gasteiger partial charge in [0, 0.05) is 26.7 Å². The fourth-order valence-electron chi connectivity index (χ4n) is 4.37. The molecule has 2 aromatic heterocycles. The minimum absolute atomic E-state index is 0.164. The number of carbonyl (C=O) groups is 2. The second-order valence-electron chi connectivity index (χ2n) is 10.2. The molecular formula is C33H32N6O3S. The third-order valence-corrected chi connectivity index (χ3v) is 7.85. The highest BCUT2D eigenvalue weighted by atomic mass is 32.2. The van der Waals surface area contributed by atoms with E-state index in [9.17, 15) is 9.59 Å². The molecule has 0 spiro atoms. The van der Waals surface area contributed by atoms with Gasteiger partial charge in [0.15, 0.2) is 5.65 Å². The molecule has 0 saturated heterocycles. The van der Waals surface area contributed by atoms with Crippen LogP contribution in [0, 0.1) is 0 Å². The van der Waals surface area contributed by atoms with Crippen LogP contribution < -0.4 is 16.0 Å². The summed E-state index contributed by atoms with van der Waals surface area (Å²) in [6, 6.07) is 26.6. The Morgan fingerprint density at radius 1 is 0.884 bits per heavy atom. The summed E-state index contributed by atoms with van der Waals surface area (Å²) in [6.07, 6.45) is 0.953. The van der Waals surface area contributed by atoms with Crippen LogP contribution >= 0.6 is 11.8 Å². The van der Waals surface area contributed by atoms with Crippen molar-refractivity contribution in [2.45, 2.75) is 42.5 Å². The molecule has 5 aromatic rings. The SMILES string of the molecule is COC(=O)Nc1ccc(Sc2ccc(C(=O)N[C@@H](C)c3ccccc3)cc2Nc2ncnc3nc(C(C)C)ccc23)cc1. The van der Waals surface area contributed by atoms with Crippen LogP contribution in [-0.2, 0) is 4.74 Å². The molecule has 0 fully saturated rings. The molecule has 1 atom stereocenters. The highest BCUT2D eigenvalue weighted by Crippen LogP contribution is 2.37. The van der Waals surface area contributed by atoms with E-state index in [1.54, 1.807) is 12.1 Å². The number of rotatable bonds is 9. The minimum atomic E-state index is -0.533. The first-order valence-electron chi connectivity index (χ1n) is 13.8. The number of amides is 2. The van der Waals surface area contributed by atoms with Gasteiger partial charge in [-0.1, -0.05) is 55.9 Å². The van der Waals surface area contributed by atoms with Crippen molar-refractivity contribution in [1.82, 2.24) is 20.3 Å². The van der Waals surface area contributed by atoms with Gasteiger partial charge in [0.25, 0.3) is 5.91 Å². The number of ether oxygens (including phenoxy) is 1. The van der Waals surface area contributed by atoms with E-state index >= 15 is 0 Å². The molecule has 0 unspecified atom stereocenters. The lowest BCUT2D eigenvalue weighted by Crippen LogP contribution is -2.26. The zero-order valence-electron chi connectivity index (χ0n) is 24.3. The van der Waals surface area contributed by atoms with Gasteiger partial charge in [0.05, 0.1) is 24.2 Å². The Hall–Kier alpha value is -4.96. The zero-order chi connectivity index (χ0) is 30.3. The van der Waals surface area contributed by atoms with E-state index in [2.05, 4.69) is 44.5 Å². The molecule has 0 radical (unpaired) electrons. The van der Waals surface area contributed by atoms with Crippen LogP contribution in [0.3, 0.4) is 0 Å². The van der Waals surface area contributed by atoms with Gasteiger partial charge in [-0.05, 0) is 73.0 Å². The Labute approximate surface area is 254 Å². The highest BCUT2D eigenvalue weighted by molar-refractivity contribution is 7.99. The van der Waals surface area contributed by atoms with E-state index < -0.39 is 6.09 Å². The van der Waals surface area contributed by atoms with Gasteiger partial charge in [-0.3, -0.25) is 10.1 Å². The van der Waals surface area contributed by atoms with Crippen LogP contribution in [0.1, 0.15) is 54.3 Å². The van der Waals surface area contributed by atoms with E-state index in [1.807, 2.05) is 79.7 Å². The van der Waals surface area contributed by atoms with Crippen LogP contribution in [0.25, 0.3) is 11.0 Å². The number of methoxy groups -OCH3 is 1. The first kappa shape index (κ1) is 29.5. The van der Waals surface area contributed by atoms with Crippen molar-refractivity contribution in [2.75, 3.05) is 17.7 Å². The molecule has 5 rings (SSSR count). The highest BCUT2D eigenvalue weighted by Gasteiger charge is 2.16. The predicted octanol–water partition coefficient (Wildman–Crippen LogP) is 7.71. The van der Waals surface area contributed by atoms with Crippen molar-refractivity contribution in [3.05, 3.63) is 108 Å². The molecule has 0 saturated carbocycles. The molecule has 10 heteroatoms. The Morgan fingerprint density at radius 3 is 2.37 bits per heavy atom. The number of anilines is 3. The third kappa shape index (κ3) is 7.28. The lowest BCUT2D eigenvalue weighted by Gasteiger charge is -2.17. The van der Waals surface area contributed by atoms with Crippen molar-refractivity contribution >= 4 is 52.0 Å². The molecule has 0 bridgehead atoms. The van der Waals surface area contributed by atoms with Crippen LogP contribution in [0.4, 0.5) is 22.0 Å². The molecule has 43 heavy (non-hydrogen) atoms. The smallest absolute Gasteiger partial charge is 0.411 e. The van der Waals surface area contributed by atoms with Gasteiger partial charge in [-0.25, -0.2) is 19.7 Å². The Bertz CT molecular complexity index is 1750. The number of fused-ring (bicyclic) bond motifs is 1. The predicted molar refractivity (Wildman–Crippen MR) is 170 cm³/mol. The van der Waals surface area contributed by atoms with Crippen LogP contribution in [0.15, 0.2) is 101 Å². The number of aromatic nitrogens is 3. The van der Waals surface area contributed by atoms with Gasteiger partial charge in [0.2, 0.25) is 0 Å². The fourth-order valence-corrected chi connectivity index (χ4v) is 5.25. The number of hydrogen-bond acceptors (Lipinski definition) is 8. The number of nitrogens with zero attached hydrogens (tertiary/aromatic N) is 3. The van der Waals surface area contributed by atoms with Crippen molar-refractivity contribution in [3.8, 4) is 0 Å². The molecule has 0 aliphatic rings. The quantitative estimate of drug-likeness (QED) is 0.159. The standard InChI is InChI=1S/C33H32N6O3S/c1-20(2)27-16-15-26-30(38-27)34-19-35-31(26)39-28-18-23(32(40)36-21(3)22-8-6-5-7-9-22)10-17-29(28)43-25-13-11-24(12-14-25)37-33(41)42-4/h5-21H,1-4H3,(H,36,40)(H,37,41)(H,34,35,38,39)/t21-/m0/s1. The van der Waals surface area contributed by atoms with Crippen LogP contribution in [-0.4, -0.2) is 34.1 Å². The molecule has 2 heterocycles. The summed E-state index contributed by atoms with van der Waals surface area (Å²) in [6.45, 7) is 6.14.